The van der Waals surface area contributed by atoms with E-state index in [-0.39, 0.29) is 5.91 Å². The first kappa shape index (κ1) is 15.6. The molecule has 0 spiro atoms. The van der Waals surface area contributed by atoms with Crippen molar-refractivity contribution in [1.82, 2.24) is 0 Å². The summed E-state index contributed by atoms with van der Waals surface area (Å²) < 4.78 is 0.914. The third-order valence-corrected chi connectivity index (χ3v) is 4.23. The number of anilines is 2. The fourth-order valence-electron chi connectivity index (χ4n) is 2.03. The molecule has 0 unspecified atom stereocenters. The van der Waals surface area contributed by atoms with Crippen LogP contribution in [0.3, 0.4) is 0 Å². The minimum atomic E-state index is -0.111. The average Bonchev–Trinajstić information content (AvgIpc) is 2.50. The molecule has 3 nitrogen and oxygen atoms in total. The Labute approximate surface area is 133 Å². The Balaban J connectivity index is 2.22. The van der Waals surface area contributed by atoms with Crippen molar-refractivity contribution >= 4 is 33.2 Å². The number of hydrogen-bond acceptors (Lipinski definition) is 2. The van der Waals surface area contributed by atoms with E-state index < -0.39 is 0 Å². The second-order valence-corrected chi connectivity index (χ2v) is 5.66. The summed E-state index contributed by atoms with van der Waals surface area (Å²) >= 11 is 3.51. The molecule has 0 saturated heterocycles. The fraction of sp³-hybridized carbons (Fsp3) is 0.235. The molecule has 2 aromatic carbocycles. The van der Waals surface area contributed by atoms with Crippen molar-refractivity contribution in [2.24, 2.45) is 0 Å². The molecule has 0 radical (unpaired) electrons. The summed E-state index contributed by atoms with van der Waals surface area (Å²) in [6, 6.07) is 13.4. The predicted molar refractivity (Wildman–Crippen MR) is 92.1 cm³/mol. The maximum absolute atomic E-state index is 12.5. The standard InChI is InChI=1S/C17H19BrN2O/c1-3-11-19-14-9-5-4-8-13(14)17(21)20-15-10-6-7-12(2)16(15)18/h4-10,19H,3,11H2,1-2H3,(H,20,21). The molecule has 1 amide bonds. The van der Waals surface area contributed by atoms with Gasteiger partial charge >= 0.3 is 0 Å². The molecule has 0 fully saturated rings. The zero-order valence-electron chi connectivity index (χ0n) is 12.2. The number of hydrogen-bond donors (Lipinski definition) is 2. The summed E-state index contributed by atoms with van der Waals surface area (Å²) in [7, 11) is 0. The van der Waals surface area contributed by atoms with Crippen LogP contribution in [0.5, 0.6) is 0 Å². The topological polar surface area (TPSA) is 41.1 Å². The summed E-state index contributed by atoms with van der Waals surface area (Å²) in [5, 5.41) is 6.24. The van der Waals surface area contributed by atoms with E-state index in [9.17, 15) is 4.79 Å². The molecule has 110 valence electrons. The Kier molecular flexibility index (Phi) is 5.39. The van der Waals surface area contributed by atoms with Crippen molar-refractivity contribution in [1.29, 1.82) is 0 Å². The molecule has 0 atom stereocenters. The lowest BCUT2D eigenvalue weighted by Gasteiger charge is -2.13. The summed E-state index contributed by atoms with van der Waals surface area (Å²) in [5.41, 5.74) is 3.38. The van der Waals surface area contributed by atoms with E-state index in [1.807, 2.05) is 49.4 Å². The number of rotatable bonds is 5. The quantitative estimate of drug-likeness (QED) is 0.813. The van der Waals surface area contributed by atoms with Crippen LogP contribution in [0.2, 0.25) is 0 Å². The van der Waals surface area contributed by atoms with Gasteiger partial charge in [0, 0.05) is 16.7 Å². The van der Waals surface area contributed by atoms with E-state index in [1.54, 1.807) is 0 Å². The van der Waals surface area contributed by atoms with Crippen molar-refractivity contribution in [2.75, 3.05) is 17.2 Å². The number of carbonyl (C=O) groups is 1. The second-order valence-electron chi connectivity index (χ2n) is 4.86. The van der Waals surface area contributed by atoms with Gasteiger partial charge in [0.05, 0.1) is 11.3 Å². The Morgan fingerprint density at radius 3 is 2.57 bits per heavy atom. The summed E-state index contributed by atoms with van der Waals surface area (Å²) in [6.45, 7) is 4.94. The number of aryl methyl sites for hydroxylation is 1. The number of benzene rings is 2. The van der Waals surface area contributed by atoms with Gasteiger partial charge in [0.1, 0.15) is 0 Å². The molecule has 0 bridgehead atoms. The zero-order valence-corrected chi connectivity index (χ0v) is 13.8. The monoisotopic (exact) mass is 346 g/mol. The summed E-state index contributed by atoms with van der Waals surface area (Å²) in [4.78, 5) is 12.5. The first-order chi connectivity index (χ1) is 10.1. The van der Waals surface area contributed by atoms with Gasteiger partial charge in [0.25, 0.3) is 5.91 Å². The third-order valence-electron chi connectivity index (χ3n) is 3.18. The molecule has 0 aliphatic rings. The van der Waals surface area contributed by atoms with E-state index in [1.165, 1.54) is 0 Å². The van der Waals surface area contributed by atoms with Crippen LogP contribution in [0.25, 0.3) is 0 Å². The highest BCUT2D eigenvalue weighted by atomic mass is 79.9. The Hall–Kier alpha value is -1.81. The van der Waals surface area contributed by atoms with E-state index in [0.717, 1.165) is 34.4 Å². The number of halogens is 1. The van der Waals surface area contributed by atoms with Gasteiger partial charge in [-0.2, -0.15) is 0 Å². The molecule has 2 aromatic rings. The first-order valence-electron chi connectivity index (χ1n) is 7.03. The van der Waals surface area contributed by atoms with E-state index >= 15 is 0 Å². The van der Waals surface area contributed by atoms with Gasteiger partial charge in [-0.15, -0.1) is 0 Å². The van der Waals surface area contributed by atoms with Crippen molar-refractivity contribution < 1.29 is 4.79 Å². The average molecular weight is 347 g/mol. The van der Waals surface area contributed by atoms with Crippen molar-refractivity contribution in [3.63, 3.8) is 0 Å². The Morgan fingerprint density at radius 1 is 1.10 bits per heavy atom. The second kappa shape index (κ2) is 7.27. The molecular formula is C17H19BrN2O. The molecule has 2 rings (SSSR count). The van der Waals surface area contributed by atoms with Crippen LogP contribution in [-0.2, 0) is 0 Å². The molecule has 0 aromatic heterocycles. The lowest BCUT2D eigenvalue weighted by Crippen LogP contribution is -2.15. The maximum atomic E-state index is 12.5. The van der Waals surface area contributed by atoms with Gasteiger partial charge in [-0.1, -0.05) is 31.2 Å². The minimum Gasteiger partial charge on any atom is -0.384 e. The van der Waals surface area contributed by atoms with Crippen molar-refractivity contribution in [2.45, 2.75) is 20.3 Å². The number of para-hydroxylation sites is 1. The lowest BCUT2D eigenvalue weighted by atomic mass is 10.1. The highest BCUT2D eigenvalue weighted by Crippen LogP contribution is 2.27. The fourth-order valence-corrected chi connectivity index (χ4v) is 2.39. The van der Waals surface area contributed by atoms with Crippen LogP contribution in [0.1, 0.15) is 29.3 Å². The Bertz CT molecular complexity index is 640. The summed E-state index contributed by atoms with van der Waals surface area (Å²) in [6.07, 6.45) is 1.01. The van der Waals surface area contributed by atoms with Gasteiger partial charge in [-0.3, -0.25) is 4.79 Å². The third kappa shape index (κ3) is 3.85. The smallest absolute Gasteiger partial charge is 0.257 e. The maximum Gasteiger partial charge on any atom is 0.257 e. The van der Waals surface area contributed by atoms with Crippen LogP contribution in [0.15, 0.2) is 46.9 Å². The van der Waals surface area contributed by atoms with Crippen LogP contribution >= 0.6 is 15.9 Å². The van der Waals surface area contributed by atoms with Gasteiger partial charge in [0.15, 0.2) is 0 Å². The highest BCUT2D eigenvalue weighted by Gasteiger charge is 2.12. The molecule has 0 saturated carbocycles. The van der Waals surface area contributed by atoms with Crippen LogP contribution in [0, 0.1) is 6.92 Å². The van der Waals surface area contributed by atoms with E-state index in [2.05, 4.69) is 33.5 Å². The molecule has 0 heterocycles. The van der Waals surface area contributed by atoms with E-state index in [4.69, 9.17) is 0 Å². The molecule has 21 heavy (non-hydrogen) atoms. The number of amides is 1. The molecule has 0 aliphatic carbocycles. The minimum absolute atomic E-state index is 0.111. The van der Waals surface area contributed by atoms with Gasteiger partial charge < -0.3 is 10.6 Å². The SMILES string of the molecule is CCCNc1ccccc1C(=O)Nc1cccc(C)c1Br. The van der Waals surface area contributed by atoms with Crippen LogP contribution < -0.4 is 10.6 Å². The molecule has 0 aliphatic heterocycles. The number of nitrogens with one attached hydrogen (secondary N) is 2. The van der Waals surface area contributed by atoms with Gasteiger partial charge in [-0.25, -0.2) is 0 Å². The van der Waals surface area contributed by atoms with Crippen molar-refractivity contribution in [3.8, 4) is 0 Å². The van der Waals surface area contributed by atoms with E-state index in [0.29, 0.717) is 5.56 Å². The first-order valence-corrected chi connectivity index (χ1v) is 7.82. The molecule has 4 heteroatoms. The number of carbonyl (C=O) groups excluding carboxylic acids is 1. The van der Waals surface area contributed by atoms with Crippen LogP contribution in [0.4, 0.5) is 11.4 Å². The Morgan fingerprint density at radius 2 is 1.81 bits per heavy atom. The summed E-state index contributed by atoms with van der Waals surface area (Å²) in [5.74, 6) is -0.111. The zero-order chi connectivity index (χ0) is 15.2. The molecule has 2 N–H and O–H groups in total. The predicted octanol–water partition coefficient (Wildman–Crippen LogP) is 4.83. The normalized spacial score (nSPS) is 10.2. The lowest BCUT2D eigenvalue weighted by molar-refractivity contribution is 0.102. The van der Waals surface area contributed by atoms with Crippen molar-refractivity contribution in [3.05, 3.63) is 58.1 Å². The molecular weight excluding hydrogens is 328 g/mol. The van der Waals surface area contributed by atoms with Crippen LogP contribution in [-0.4, -0.2) is 12.5 Å². The largest absolute Gasteiger partial charge is 0.384 e. The van der Waals surface area contributed by atoms with Gasteiger partial charge in [0.2, 0.25) is 0 Å². The van der Waals surface area contributed by atoms with Gasteiger partial charge in [-0.05, 0) is 53.0 Å². The highest BCUT2D eigenvalue weighted by molar-refractivity contribution is 9.10.